The van der Waals surface area contributed by atoms with Crippen LogP contribution in [0.25, 0.3) is 0 Å². The van der Waals surface area contributed by atoms with Gasteiger partial charge in [-0.1, -0.05) is 74.5 Å². The fraction of sp³-hybridized carbons (Fsp3) is 0.528. The number of carbonyl (C=O) groups excluding carboxylic acids is 5. The lowest BCUT2D eigenvalue weighted by Gasteiger charge is -2.67. The number of rotatable bonds is 10. The molecule has 1 amide bonds. The van der Waals surface area contributed by atoms with Gasteiger partial charge in [-0.15, -0.1) is 0 Å². The second-order valence-electron chi connectivity index (χ2n) is 20.4. The first-order chi connectivity index (χ1) is 32.6. The van der Waals surface area contributed by atoms with E-state index >= 15 is 9.59 Å². The highest BCUT2D eigenvalue weighted by Crippen LogP contribution is 2.65. The molecule has 3 aliphatic carbocycles. The number of ether oxygens (including phenoxy) is 9. The number of Topliss-reactive ketones (excluding diaryl/α,β-unsaturated/α-hetero) is 1. The second-order valence-corrected chi connectivity index (χ2v) is 20.4. The number of esters is 3. The van der Waals surface area contributed by atoms with E-state index in [1.54, 1.807) is 133 Å². The molecule has 16 nitrogen and oxygen atoms in total. The predicted octanol–water partition coefficient (Wildman–Crippen LogP) is 7.03. The zero-order valence-corrected chi connectivity index (χ0v) is 41.0. The van der Waals surface area contributed by atoms with Crippen molar-refractivity contribution in [2.75, 3.05) is 27.9 Å². The Bertz CT molecular complexity index is 2490. The Hall–Kier alpha value is -5.65. The fourth-order valence-corrected chi connectivity index (χ4v) is 11.8. The van der Waals surface area contributed by atoms with Crippen LogP contribution in [-0.4, -0.2) is 121 Å². The summed E-state index contributed by atoms with van der Waals surface area (Å²) < 4.78 is 55.9. The van der Waals surface area contributed by atoms with E-state index in [0.717, 1.165) is 0 Å². The summed E-state index contributed by atoms with van der Waals surface area (Å²) in [5.74, 6) is -3.65. The SMILES string of the molecule is COc1ccc(C2OC(C(=O)OC3C[C@@]4(O)[C@@H](OC(=O)c5ccccc5)[C@@H]5C6(OC(C)=O)CO[C@@H]6C[C@H](OC)[C@@]5(C)C(=O)[C@H](OC)C(=C3C)C4(C)C)[C@H](c3ccccc3)N2C(=O)OC(C)(C)C)cc1. The Morgan fingerprint density at radius 1 is 0.841 bits per heavy atom. The summed E-state index contributed by atoms with van der Waals surface area (Å²) in [5, 5.41) is 14.0. The summed E-state index contributed by atoms with van der Waals surface area (Å²) in [5.41, 5.74) is -5.96. The average molecular weight is 954 g/mol. The van der Waals surface area contributed by atoms with Crippen LogP contribution < -0.4 is 4.74 Å². The Morgan fingerprint density at radius 2 is 1.48 bits per heavy atom. The average Bonchev–Trinajstić information content (AvgIpc) is 3.72. The van der Waals surface area contributed by atoms with Gasteiger partial charge < -0.3 is 47.7 Å². The van der Waals surface area contributed by atoms with Gasteiger partial charge in [-0.2, -0.15) is 0 Å². The van der Waals surface area contributed by atoms with Gasteiger partial charge in [0.15, 0.2) is 23.7 Å². The molecule has 2 heterocycles. The van der Waals surface area contributed by atoms with Crippen LogP contribution in [0, 0.1) is 16.7 Å². The molecule has 2 bridgehead atoms. The van der Waals surface area contributed by atoms with E-state index in [0.29, 0.717) is 28.0 Å². The number of fused-ring (bicyclic) bond motifs is 5. The van der Waals surface area contributed by atoms with Gasteiger partial charge in [-0.05, 0) is 75.6 Å². The van der Waals surface area contributed by atoms with Crippen LogP contribution in [0.4, 0.5) is 4.79 Å². The number of hydrogen-bond donors (Lipinski definition) is 1. The zero-order chi connectivity index (χ0) is 50.0. The zero-order valence-electron chi connectivity index (χ0n) is 41.0. The molecule has 0 radical (unpaired) electrons. The molecule has 4 unspecified atom stereocenters. The Kier molecular flexibility index (Phi) is 13.2. The van der Waals surface area contributed by atoms with Gasteiger partial charge in [-0.25, -0.2) is 14.4 Å². The van der Waals surface area contributed by atoms with E-state index in [1.165, 1.54) is 33.2 Å². The van der Waals surface area contributed by atoms with Crippen molar-refractivity contribution >= 4 is 29.8 Å². The van der Waals surface area contributed by atoms with Crippen molar-refractivity contribution in [1.29, 1.82) is 0 Å². The van der Waals surface area contributed by atoms with Gasteiger partial charge in [0.25, 0.3) is 0 Å². The van der Waals surface area contributed by atoms with Crippen LogP contribution in [0.1, 0.15) is 102 Å². The van der Waals surface area contributed by atoms with Gasteiger partial charge in [0.05, 0.1) is 36.7 Å². The van der Waals surface area contributed by atoms with E-state index in [1.807, 2.05) is 0 Å². The molecule has 16 heteroatoms. The molecule has 0 spiro atoms. The standard InChI is InChI=1S/C53H63NO15/c1-29-35(65-47(58)41-39(31-18-14-12-15-19-31)54(48(59)69-49(3,4)5)45(66-41)32-22-24-34(61-9)25-23-32)27-53(60)44(67-46(57)33-20-16-13-17-21-33)42-51(8,43(56)40(63-11)38(29)50(53,6)7)36(62-10)26-37-52(42,28-64-37)68-30(2)55/h12-25,35-37,39-42,44-45,60H,26-28H2,1-11H3/t35?,36-,37+,39-,40+,41?,42-,44-,45?,51+,52?,53+/m0/s1. The first kappa shape index (κ1) is 49.8. The monoisotopic (exact) mass is 953 g/mol. The van der Waals surface area contributed by atoms with Crippen LogP contribution in [0.15, 0.2) is 96.1 Å². The molecule has 12 atom stereocenters. The largest absolute Gasteiger partial charge is 0.497 e. The third kappa shape index (κ3) is 8.21. The van der Waals surface area contributed by atoms with Crippen LogP contribution in [-0.2, 0) is 52.3 Å². The van der Waals surface area contributed by atoms with Crippen molar-refractivity contribution in [3.8, 4) is 5.75 Å². The lowest BCUT2D eigenvalue weighted by molar-refractivity contribution is -0.347. The molecule has 3 aromatic rings. The molecule has 8 rings (SSSR count). The van der Waals surface area contributed by atoms with E-state index in [4.69, 9.17) is 42.6 Å². The minimum Gasteiger partial charge on any atom is -0.497 e. The highest BCUT2D eigenvalue weighted by atomic mass is 16.6. The quantitative estimate of drug-likeness (QED) is 0.124. The minimum atomic E-state index is -2.22. The molecule has 2 aliphatic heterocycles. The van der Waals surface area contributed by atoms with Gasteiger partial charge >= 0.3 is 24.0 Å². The molecular formula is C53H63NO15. The van der Waals surface area contributed by atoms with Gasteiger partial charge in [-0.3, -0.25) is 14.5 Å². The summed E-state index contributed by atoms with van der Waals surface area (Å²) in [6, 6.07) is 22.9. The fourth-order valence-electron chi connectivity index (χ4n) is 11.8. The Labute approximate surface area is 402 Å². The molecular weight excluding hydrogens is 891 g/mol. The second kappa shape index (κ2) is 18.3. The van der Waals surface area contributed by atoms with Crippen molar-refractivity contribution in [1.82, 2.24) is 4.90 Å². The molecule has 1 N–H and O–H groups in total. The predicted molar refractivity (Wildman–Crippen MR) is 246 cm³/mol. The van der Waals surface area contributed by atoms with Crippen LogP contribution >= 0.6 is 0 Å². The first-order valence-electron chi connectivity index (χ1n) is 23.2. The van der Waals surface area contributed by atoms with E-state index in [-0.39, 0.29) is 25.0 Å². The molecule has 0 aromatic heterocycles. The minimum absolute atomic E-state index is 0.125. The summed E-state index contributed by atoms with van der Waals surface area (Å²) >= 11 is 0. The third-order valence-corrected chi connectivity index (χ3v) is 15.1. The number of hydrogen-bond acceptors (Lipinski definition) is 15. The molecule has 69 heavy (non-hydrogen) atoms. The summed E-state index contributed by atoms with van der Waals surface area (Å²) in [7, 11) is 4.37. The summed E-state index contributed by atoms with van der Waals surface area (Å²) in [6.45, 7) is 13.1. The Morgan fingerprint density at radius 3 is 2.03 bits per heavy atom. The van der Waals surface area contributed by atoms with Crippen molar-refractivity contribution in [3.05, 3.63) is 113 Å². The van der Waals surface area contributed by atoms with Crippen LogP contribution in [0.3, 0.4) is 0 Å². The van der Waals surface area contributed by atoms with Gasteiger partial charge in [0.1, 0.15) is 47.4 Å². The number of benzene rings is 3. The smallest absolute Gasteiger partial charge is 0.413 e. The van der Waals surface area contributed by atoms with Crippen LogP contribution in [0.2, 0.25) is 0 Å². The lowest BCUT2D eigenvalue weighted by atomic mass is 9.44. The Balaban J connectivity index is 1.29. The summed E-state index contributed by atoms with van der Waals surface area (Å²) in [4.78, 5) is 74.6. The van der Waals surface area contributed by atoms with Crippen LogP contribution in [0.5, 0.6) is 5.75 Å². The highest BCUT2D eigenvalue weighted by Gasteiger charge is 2.78. The maximum atomic E-state index is 15.8. The number of ketones is 1. The number of methoxy groups -OCH3 is 3. The number of carbonyl (C=O) groups is 5. The molecule has 2 saturated carbocycles. The number of aliphatic hydroxyl groups is 1. The molecule has 4 fully saturated rings. The lowest BCUT2D eigenvalue weighted by Crippen LogP contribution is -2.82. The molecule has 5 aliphatic rings. The molecule has 370 valence electrons. The van der Waals surface area contributed by atoms with Crippen molar-refractivity contribution in [2.24, 2.45) is 16.7 Å². The first-order valence-corrected chi connectivity index (χ1v) is 23.2. The number of amides is 1. The van der Waals surface area contributed by atoms with Crippen molar-refractivity contribution in [3.63, 3.8) is 0 Å². The van der Waals surface area contributed by atoms with Crippen molar-refractivity contribution < 1.29 is 71.7 Å². The van der Waals surface area contributed by atoms with Gasteiger partial charge in [0.2, 0.25) is 0 Å². The maximum Gasteiger partial charge on any atom is 0.413 e. The van der Waals surface area contributed by atoms with Crippen molar-refractivity contribution in [2.45, 2.75) is 134 Å². The summed E-state index contributed by atoms with van der Waals surface area (Å²) in [6.07, 6.45) is -9.71. The highest BCUT2D eigenvalue weighted by molar-refractivity contribution is 5.94. The maximum absolute atomic E-state index is 15.8. The topological polar surface area (TPSA) is 192 Å². The molecule has 3 aromatic carbocycles. The van der Waals surface area contributed by atoms with E-state index in [9.17, 15) is 19.5 Å². The van der Waals surface area contributed by atoms with Gasteiger partial charge in [0, 0.05) is 45.0 Å². The number of nitrogens with zero attached hydrogens (tertiary/aromatic N) is 1. The van der Waals surface area contributed by atoms with E-state index in [2.05, 4.69) is 0 Å². The molecule has 2 saturated heterocycles. The normalized spacial score (nSPS) is 33.7. The third-order valence-electron chi connectivity index (χ3n) is 15.1. The van der Waals surface area contributed by atoms with E-state index < -0.39 is 112 Å².